The van der Waals surface area contributed by atoms with Crippen LogP contribution in [0.1, 0.15) is 53.2 Å². The highest BCUT2D eigenvalue weighted by Crippen LogP contribution is 2.30. The molecule has 2 saturated heterocycles. The molecule has 0 bridgehead atoms. The zero-order valence-corrected chi connectivity index (χ0v) is 24.5. The Hall–Kier alpha value is -3.66. The number of likely N-dealkylation sites (tertiary alicyclic amines) is 1. The number of alkyl halides is 2. The van der Waals surface area contributed by atoms with Crippen LogP contribution in [-0.2, 0) is 22.6 Å². The number of nitriles is 1. The van der Waals surface area contributed by atoms with E-state index in [9.17, 15) is 23.6 Å². The highest BCUT2D eigenvalue weighted by atomic mass is 32.1. The number of nitrogens with zero attached hydrogens (tertiary/aromatic N) is 5. The number of hydrogen-bond donors (Lipinski definition) is 1. The molecule has 9 nitrogen and oxygen atoms in total. The van der Waals surface area contributed by atoms with E-state index in [1.165, 1.54) is 12.1 Å². The van der Waals surface area contributed by atoms with Crippen molar-refractivity contribution in [3.63, 3.8) is 0 Å². The minimum Gasteiger partial charge on any atom is -0.379 e. The van der Waals surface area contributed by atoms with Gasteiger partial charge in [-0.1, -0.05) is 26.0 Å². The maximum absolute atomic E-state index is 13.4. The fourth-order valence-electron chi connectivity index (χ4n) is 5.47. The standard InChI is InChI=1S/C30H34F2N6O3S/c1-19(2)14-21(16-33)29(40)37-9-3-4-22(37)18-38-24-15-20(17-36-10-12-41-13-11-36)5-6-23(24)34-30(38)35-28(39)26-8-7-25(42-26)27(31)32/h5-8,14-15,19,22,27H,3-4,9-13,17-18H2,1-2H3,(H,34,35,39)/t22-/m1/s1. The molecule has 2 amide bonds. The largest absolute Gasteiger partial charge is 0.379 e. The first-order valence-corrected chi connectivity index (χ1v) is 15.0. The Morgan fingerprint density at radius 3 is 2.69 bits per heavy atom. The molecular formula is C30H34F2N6O3S. The molecule has 222 valence electrons. The van der Waals surface area contributed by atoms with Gasteiger partial charge in [-0.3, -0.25) is 19.8 Å². The lowest BCUT2D eigenvalue weighted by Crippen LogP contribution is -2.39. The van der Waals surface area contributed by atoms with Crippen LogP contribution in [0, 0.1) is 17.2 Å². The van der Waals surface area contributed by atoms with Crippen LogP contribution in [0.3, 0.4) is 0 Å². The molecule has 4 heterocycles. The number of rotatable bonds is 9. The zero-order valence-electron chi connectivity index (χ0n) is 23.7. The van der Waals surface area contributed by atoms with Gasteiger partial charge in [-0.15, -0.1) is 11.3 Å². The summed E-state index contributed by atoms with van der Waals surface area (Å²) in [5.41, 5.74) is 2.67. The van der Waals surface area contributed by atoms with Crippen molar-refractivity contribution in [1.29, 1.82) is 5.26 Å². The first-order valence-electron chi connectivity index (χ1n) is 14.1. The molecule has 2 aliphatic heterocycles. The number of benzene rings is 1. The monoisotopic (exact) mass is 596 g/mol. The summed E-state index contributed by atoms with van der Waals surface area (Å²) >= 11 is 0.746. The molecule has 1 aromatic carbocycles. The van der Waals surface area contributed by atoms with Crippen LogP contribution in [0.5, 0.6) is 0 Å². The van der Waals surface area contributed by atoms with Gasteiger partial charge in [0.15, 0.2) is 0 Å². The number of nitrogens with one attached hydrogen (secondary N) is 1. The third-order valence-corrected chi connectivity index (χ3v) is 8.59. The van der Waals surface area contributed by atoms with Gasteiger partial charge in [0.1, 0.15) is 11.6 Å². The Morgan fingerprint density at radius 2 is 2.00 bits per heavy atom. The highest BCUT2D eigenvalue weighted by Gasteiger charge is 2.32. The van der Waals surface area contributed by atoms with Gasteiger partial charge in [-0.05, 0) is 48.6 Å². The SMILES string of the molecule is CC(C)C=C(C#N)C(=O)N1CCC[C@@H]1Cn1c(NC(=O)c2ccc(C(F)F)s2)nc2ccc(CN3CCOCC3)cc21. The van der Waals surface area contributed by atoms with Gasteiger partial charge < -0.3 is 14.2 Å². The lowest BCUT2D eigenvalue weighted by Gasteiger charge is -2.27. The molecule has 0 saturated carbocycles. The number of amides is 2. The number of carbonyl (C=O) groups is 2. The maximum atomic E-state index is 13.4. The fraction of sp³-hybridized carbons (Fsp3) is 0.467. The Bertz CT molecular complexity index is 1520. The smallest absolute Gasteiger partial charge is 0.272 e. The third-order valence-electron chi connectivity index (χ3n) is 7.50. The quantitative estimate of drug-likeness (QED) is 0.269. The first-order chi connectivity index (χ1) is 20.2. The number of thiophene rings is 1. The van der Waals surface area contributed by atoms with Gasteiger partial charge in [0.05, 0.1) is 40.0 Å². The molecule has 0 unspecified atom stereocenters. The number of allylic oxidation sites excluding steroid dienone is 1. The van der Waals surface area contributed by atoms with Gasteiger partial charge in [0, 0.05) is 32.7 Å². The Balaban J connectivity index is 1.47. The lowest BCUT2D eigenvalue weighted by atomic mass is 10.1. The summed E-state index contributed by atoms with van der Waals surface area (Å²) in [6.45, 7) is 8.51. The molecule has 1 atom stereocenters. The molecule has 3 aromatic rings. The Labute approximate surface area is 247 Å². The number of fused-ring (bicyclic) bond motifs is 1. The first kappa shape index (κ1) is 29.8. The summed E-state index contributed by atoms with van der Waals surface area (Å²) < 4.78 is 33.7. The van der Waals surface area contributed by atoms with Gasteiger partial charge >= 0.3 is 0 Å². The van der Waals surface area contributed by atoms with Gasteiger partial charge in [-0.2, -0.15) is 5.26 Å². The molecular weight excluding hydrogens is 562 g/mol. The van der Waals surface area contributed by atoms with E-state index >= 15 is 0 Å². The third kappa shape index (κ3) is 6.69. The number of halogens is 2. The Kier molecular flexibility index (Phi) is 9.30. The van der Waals surface area contributed by atoms with Crippen molar-refractivity contribution in [1.82, 2.24) is 19.4 Å². The fourth-order valence-corrected chi connectivity index (χ4v) is 6.23. The highest BCUT2D eigenvalue weighted by molar-refractivity contribution is 7.14. The molecule has 42 heavy (non-hydrogen) atoms. The van der Waals surface area contributed by atoms with Crippen LogP contribution in [0.15, 0.2) is 42.0 Å². The van der Waals surface area contributed by atoms with E-state index in [-0.39, 0.29) is 39.1 Å². The van der Waals surface area contributed by atoms with E-state index in [1.807, 2.05) is 36.6 Å². The number of anilines is 1. The lowest BCUT2D eigenvalue weighted by molar-refractivity contribution is -0.127. The van der Waals surface area contributed by atoms with Crippen LogP contribution < -0.4 is 5.32 Å². The second-order valence-electron chi connectivity index (χ2n) is 10.9. The number of hydrogen-bond acceptors (Lipinski definition) is 7. The molecule has 0 radical (unpaired) electrons. The van der Waals surface area contributed by atoms with Crippen LogP contribution in [-0.4, -0.2) is 70.1 Å². The van der Waals surface area contributed by atoms with E-state index in [0.717, 1.165) is 54.9 Å². The van der Waals surface area contributed by atoms with E-state index in [4.69, 9.17) is 9.72 Å². The number of aromatic nitrogens is 2. The minimum absolute atomic E-state index is 0.0526. The number of ether oxygens (including phenoxy) is 1. The second-order valence-corrected chi connectivity index (χ2v) is 12.1. The number of morpholine rings is 1. The van der Waals surface area contributed by atoms with Crippen LogP contribution >= 0.6 is 11.3 Å². The molecule has 0 aliphatic carbocycles. The van der Waals surface area contributed by atoms with Crippen molar-refractivity contribution in [2.45, 2.75) is 52.2 Å². The summed E-state index contributed by atoms with van der Waals surface area (Å²) in [6.07, 6.45) is 0.552. The summed E-state index contributed by atoms with van der Waals surface area (Å²) in [5.74, 6) is -0.488. The van der Waals surface area contributed by atoms with Crippen molar-refractivity contribution >= 4 is 40.1 Å². The van der Waals surface area contributed by atoms with Crippen molar-refractivity contribution in [2.24, 2.45) is 5.92 Å². The molecule has 12 heteroatoms. The number of imidazole rings is 1. The van der Waals surface area contributed by atoms with Crippen LogP contribution in [0.25, 0.3) is 11.0 Å². The van der Waals surface area contributed by atoms with Crippen LogP contribution in [0.4, 0.5) is 14.7 Å². The normalized spacial score (nSPS) is 18.3. The molecule has 0 spiro atoms. The van der Waals surface area contributed by atoms with Gasteiger partial charge in [0.25, 0.3) is 18.2 Å². The Morgan fingerprint density at radius 1 is 1.21 bits per heavy atom. The number of carbonyl (C=O) groups excluding carboxylic acids is 2. The summed E-state index contributed by atoms with van der Waals surface area (Å²) in [5, 5.41) is 12.5. The topological polar surface area (TPSA) is 103 Å². The predicted octanol–water partition coefficient (Wildman–Crippen LogP) is 5.22. The van der Waals surface area contributed by atoms with E-state index < -0.39 is 12.3 Å². The van der Waals surface area contributed by atoms with E-state index in [2.05, 4.69) is 16.3 Å². The van der Waals surface area contributed by atoms with Crippen molar-refractivity contribution in [3.8, 4) is 6.07 Å². The van der Waals surface area contributed by atoms with Crippen molar-refractivity contribution < 1.29 is 23.1 Å². The molecule has 1 N–H and O–H groups in total. The minimum atomic E-state index is -2.65. The van der Waals surface area contributed by atoms with Crippen molar-refractivity contribution in [3.05, 3.63) is 57.3 Å². The zero-order chi connectivity index (χ0) is 29.8. The molecule has 2 aromatic heterocycles. The summed E-state index contributed by atoms with van der Waals surface area (Å²) in [4.78, 5) is 35.2. The second kappa shape index (κ2) is 13.1. The van der Waals surface area contributed by atoms with Crippen LogP contribution in [0.2, 0.25) is 0 Å². The average molecular weight is 597 g/mol. The summed E-state index contributed by atoms with van der Waals surface area (Å²) in [7, 11) is 0. The predicted molar refractivity (Wildman–Crippen MR) is 156 cm³/mol. The van der Waals surface area contributed by atoms with E-state index in [1.54, 1.807) is 11.0 Å². The average Bonchev–Trinajstić information content (AvgIpc) is 3.72. The summed E-state index contributed by atoms with van der Waals surface area (Å²) in [6, 6.07) is 10.5. The van der Waals surface area contributed by atoms with Crippen molar-refractivity contribution in [2.75, 3.05) is 38.2 Å². The molecule has 5 rings (SSSR count). The van der Waals surface area contributed by atoms with Gasteiger partial charge in [0.2, 0.25) is 5.95 Å². The van der Waals surface area contributed by atoms with E-state index in [0.29, 0.717) is 31.8 Å². The van der Waals surface area contributed by atoms with Gasteiger partial charge in [-0.25, -0.2) is 13.8 Å². The molecule has 2 aliphatic rings. The molecule has 2 fully saturated rings. The maximum Gasteiger partial charge on any atom is 0.272 e.